The van der Waals surface area contributed by atoms with Gasteiger partial charge in [0, 0.05) is 32.0 Å². The molecule has 182 valence electrons. The van der Waals surface area contributed by atoms with E-state index >= 15 is 0 Å². The number of benzene rings is 1. The highest BCUT2D eigenvalue weighted by molar-refractivity contribution is 6.06. The minimum absolute atomic E-state index is 0.0745. The average molecular weight is 474 g/mol. The van der Waals surface area contributed by atoms with Gasteiger partial charge >= 0.3 is 6.61 Å². The average Bonchev–Trinajstić information content (AvgIpc) is 3.27. The van der Waals surface area contributed by atoms with Gasteiger partial charge in [-0.1, -0.05) is 19.1 Å². The van der Waals surface area contributed by atoms with Crippen LogP contribution < -0.4 is 15.4 Å². The Hall–Kier alpha value is -3.27. The molecule has 1 atom stereocenters. The maximum absolute atomic E-state index is 13.4. The van der Waals surface area contributed by atoms with Crippen molar-refractivity contribution in [1.82, 2.24) is 20.1 Å². The molecule has 34 heavy (non-hydrogen) atoms. The molecule has 0 saturated carbocycles. The van der Waals surface area contributed by atoms with E-state index in [1.807, 2.05) is 13.8 Å². The molecule has 1 aromatic carbocycles. The fourth-order valence-electron chi connectivity index (χ4n) is 4.17. The Morgan fingerprint density at radius 1 is 1.21 bits per heavy atom. The summed E-state index contributed by atoms with van der Waals surface area (Å²) in [6.07, 6.45) is 5.63. The second kappa shape index (κ2) is 10.8. The number of pyridine rings is 1. The fourth-order valence-corrected chi connectivity index (χ4v) is 4.17. The van der Waals surface area contributed by atoms with Gasteiger partial charge in [-0.15, -0.1) is 0 Å². The standard InChI is InChI=1S/C24H29F2N5O3/c1-3-20(15-5-7-17(8-6-15)34-24(25)26)30-23(32)19-13-27-22-18(14-28-31(22)4-2)21(19)29-16-9-11-33-12-10-16/h5-8,13-14,16,20,24H,3-4,9-12H2,1-2H3,(H,27,29)(H,30,32). The molecule has 0 aliphatic carbocycles. The number of hydrogen-bond acceptors (Lipinski definition) is 6. The van der Waals surface area contributed by atoms with Crippen molar-refractivity contribution in [2.24, 2.45) is 0 Å². The van der Waals surface area contributed by atoms with Gasteiger partial charge in [-0.3, -0.25) is 4.79 Å². The molecular formula is C24H29F2N5O3. The van der Waals surface area contributed by atoms with Crippen LogP contribution >= 0.6 is 0 Å². The summed E-state index contributed by atoms with van der Waals surface area (Å²) in [4.78, 5) is 17.9. The van der Waals surface area contributed by atoms with Crippen molar-refractivity contribution in [2.75, 3.05) is 18.5 Å². The Balaban J connectivity index is 1.60. The van der Waals surface area contributed by atoms with E-state index < -0.39 is 6.61 Å². The summed E-state index contributed by atoms with van der Waals surface area (Å²) in [6.45, 7) is 3.07. The molecular weight excluding hydrogens is 444 g/mol. The van der Waals surface area contributed by atoms with E-state index in [2.05, 4.69) is 25.5 Å². The van der Waals surface area contributed by atoms with Crippen LogP contribution in [-0.2, 0) is 11.3 Å². The van der Waals surface area contributed by atoms with E-state index in [0.717, 1.165) is 29.4 Å². The van der Waals surface area contributed by atoms with Crippen LogP contribution in [0.25, 0.3) is 11.0 Å². The Kier molecular flexibility index (Phi) is 7.56. The summed E-state index contributed by atoms with van der Waals surface area (Å²) in [5.74, 6) is -0.196. The van der Waals surface area contributed by atoms with Crippen LogP contribution in [0.3, 0.4) is 0 Å². The van der Waals surface area contributed by atoms with Crippen LogP contribution in [-0.4, -0.2) is 46.5 Å². The number of aromatic nitrogens is 3. The van der Waals surface area contributed by atoms with E-state index in [1.54, 1.807) is 29.2 Å². The van der Waals surface area contributed by atoms with Gasteiger partial charge < -0.3 is 20.1 Å². The summed E-state index contributed by atoms with van der Waals surface area (Å²) in [6, 6.07) is 6.18. The SMILES string of the molecule is CCC(NC(=O)c1cnc2c(cnn2CC)c1NC1CCOCC1)c1ccc(OC(F)F)cc1. The third kappa shape index (κ3) is 5.27. The first-order chi connectivity index (χ1) is 16.5. The molecule has 3 aromatic rings. The minimum atomic E-state index is -2.88. The van der Waals surface area contributed by atoms with Gasteiger partial charge in [0.05, 0.1) is 28.9 Å². The zero-order valence-electron chi connectivity index (χ0n) is 19.3. The quantitative estimate of drug-likeness (QED) is 0.475. The highest BCUT2D eigenvalue weighted by atomic mass is 19.3. The topological polar surface area (TPSA) is 90.3 Å². The lowest BCUT2D eigenvalue weighted by Crippen LogP contribution is -2.32. The number of rotatable bonds is 9. The summed E-state index contributed by atoms with van der Waals surface area (Å²) in [5.41, 5.74) is 2.66. The Labute approximate surface area is 196 Å². The summed E-state index contributed by atoms with van der Waals surface area (Å²) in [7, 11) is 0. The van der Waals surface area contributed by atoms with Crippen molar-refractivity contribution in [1.29, 1.82) is 0 Å². The number of ether oxygens (including phenoxy) is 2. The predicted molar refractivity (Wildman–Crippen MR) is 124 cm³/mol. The molecule has 1 saturated heterocycles. The lowest BCUT2D eigenvalue weighted by atomic mass is 10.0. The third-order valence-electron chi connectivity index (χ3n) is 6.00. The van der Waals surface area contributed by atoms with Gasteiger partial charge in [0.15, 0.2) is 5.65 Å². The van der Waals surface area contributed by atoms with Crippen molar-refractivity contribution in [3.05, 3.63) is 47.8 Å². The summed E-state index contributed by atoms with van der Waals surface area (Å²) >= 11 is 0. The van der Waals surface area contributed by atoms with E-state index in [4.69, 9.17) is 4.74 Å². The molecule has 1 unspecified atom stereocenters. The Bertz CT molecular complexity index is 1110. The van der Waals surface area contributed by atoms with Crippen molar-refractivity contribution in [2.45, 2.75) is 58.3 Å². The van der Waals surface area contributed by atoms with E-state index in [0.29, 0.717) is 37.4 Å². The molecule has 0 spiro atoms. The number of amides is 1. The zero-order chi connectivity index (χ0) is 24.1. The number of halogens is 2. The van der Waals surface area contributed by atoms with Gasteiger partial charge in [0.2, 0.25) is 0 Å². The molecule has 2 aromatic heterocycles. The Morgan fingerprint density at radius 2 is 1.94 bits per heavy atom. The van der Waals surface area contributed by atoms with Crippen LogP contribution in [0, 0.1) is 0 Å². The zero-order valence-corrected chi connectivity index (χ0v) is 19.3. The molecule has 4 rings (SSSR count). The van der Waals surface area contributed by atoms with Crippen molar-refractivity contribution >= 4 is 22.6 Å². The van der Waals surface area contributed by atoms with Gasteiger partial charge in [0.1, 0.15) is 5.75 Å². The second-order valence-corrected chi connectivity index (χ2v) is 8.16. The molecule has 0 radical (unpaired) electrons. The number of hydrogen-bond donors (Lipinski definition) is 2. The van der Waals surface area contributed by atoms with Crippen molar-refractivity contribution in [3.63, 3.8) is 0 Å². The molecule has 0 bridgehead atoms. The normalized spacial score (nSPS) is 15.4. The van der Waals surface area contributed by atoms with Crippen molar-refractivity contribution in [3.8, 4) is 5.75 Å². The van der Waals surface area contributed by atoms with Crippen LogP contribution in [0.2, 0.25) is 0 Å². The van der Waals surface area contributed by atoms with Gasteiger partial charge in [-0.2, -0.15) is 13.9 Å². The molecule has 10 heteroatoms. The van der Waals surface area contributed by atoms with Crippen LogP contribution in [0.4, 0.5) is 14.5 Å². The van der Waals surface area contributed by atoms with Crippen molar-refractivity contribution < 1.29 is 23.0 Å². The maximum atomic E-state index is 13.4. The number of alkyl halides is 2. The third-order valence-corrected chi connectivity index (χ3v) is 6.00. The number of fused-ring (bicyclic) bond motifs is 1. The van der Waals surface area contributed by atoms with Crippen LogP contribution in [0.1, 0.15) is 55.1 Å². The molecule has 8 nitrogen and oxygen atoms in total. The van der Waals surface area contributed by atoms with Gasteiger partial charge in [0.25, 0.3) is 5.91 Å². The number of nitrogens with one attached hydrogen (secondary N) is 2. The minimum Gasteiger partial charge on any atom is -0.435 e. The molecule has 1 amide bonds. The largest absolute Gasteiger partial charge is 0.435 e. The Morgan fingerprint density at radius 3 is 2.59 bits per heavy atom. The lowest BCUT2D eigenvalue weighted by molar-refractivity contribution is -0.0498. The molecule has 2 N–H and O–H groups in total. The second-order valence-electron chi connectivity index (χ2n) is 8.16. The first-order valence-corrected chi connectivity index (χ1v) is 11.5. The number of carbonyl (C=O) groups excluding carboxylic acids is 1. The molecule has 1 fully saturated rings. The lowest BCUT2D eigenvalue weighted by Gasteiger charge is -2.26. The summed E-state index contributed by atoms with van der Waals surface area (Å²) in [5, 5.41) is 11.8. The van der Waals surface area contributed by atoms with Crippen LogP contribution in [0.5, 0.6) is 5.75 Å². The smallest absolute Gasteiger partial charge is 0.387 e. The first kappa shape index (κ1) is 23.9. The summed E-state index contributed by atoms with van der Waals surface area (Å²) < 4.78 is 36.6. The van der Waals surface area contributed by atoms with E-state index in [1.165, 1.54) is 12.1 Å². The highest BCUT2D eigenvalue weighted by Gasteiger charge is 2.23. The van der Waals surface area contributed by atoms with Gasteiger partial charge in [-0.05, 0) is 43.9 Å². The monoisotopic (exact) mass is 473 g/mol. The molecule has 3 heterocycles. The first-order valence-electron chi connectivity index (χ1n) is 11.5. The number of carbonyl (C=O) groups is 1. The predicted octanol–water partition coefficient (Wildman–Crippen LogP) is 4.52. The maximum Gasteiger partial charge on any atom is 0.387 e. The fraction of sp³-hybridized carbons (Fsp3) is 0.458. The number of aryl methyl sites for hydroxylation is 1. The number of nitrogens with zero attached hydrogens (tertiary/aromatic N) is 3. The number of anilines is 1. The van der Waals surface area contributed by atoms with Crippen LogP contribution in [0.15, 0.2) is 36.7 Å². The molecule has 1 aliphatic rings. The van der Waals surface area contributed by atoms with E-state index in [-0.39, 0.29) is 23.7 Å². The highest BCUT2D eigenvalue weighted by Crippen LogP contribution is 2.29. The van der Waals surface area contributed by atoms with Gasteiger partial charge in [-0.25, -0.2) is 9.67 Å². The van der Waals surface area contributed by atoms with E-state index in [9.17, 15) is 13.6 Å². The molecule has 1 aliphatic heterocycles.